The molecule has 23 heavy (non-hydrogen) atoms. The summed E-state index contributed by atoms with van der Waals surface area (Å²) in [5.74, 6) is 2.03. The first-order valence-corrected chi connectivity index (χ1v) is 9.29. The van der Waals surface area contributed by atoms with Gasteiger partial charge in [-0.2, -0.15) is 0 Å². The molecule has 2 unspecified atom stereocenters. The summed E-state index contributed by atoms with van der Waals surface area (Å²) >= 11 is 0. The van der Waals surface area contributed by atoms with Crippen molar-refractivity contribution in [2.45, 2.75) is 51.5 Å². The number of hydrogen-bond donors (Lipinski definition) is 2. The van der Waals surface area contributed by atoms with E-state index in [4.69, 9.17) is 0 Å². The van der Waals surface area contributed by atoms with E-state index in [9.17, 15) is 4.79 Å². The molecule has 1 aromatic rings. The van der Waals surface area contributed by atoms with Crippen LogP contribution in [0.3, 0.4) is 0 Å². The predicted octanol–water partition coefficient (Wildman–Crippen LogP) is 3.67. The highest BCUT2D eigenvalue weighted by molar-refractivity contribution is 5.76. The predicted molar refractivity (Wildman–Crippen MR) is 94.0 cm³/mol. The highest BCUT2D eigenvalue weighted by Crippen LogP contribution is 2.38. The average Bonchev–Trinajstić information content (AvgIpc) is 2.54. The minimum absolute atomic E-state index is 0.206. The fraction of sp³-hybridized carbons (Fsp3) is 0.650. The van der Waals surface area contributed by atoms with Crippen molar-refractivity contribution in [3.8, 4) is 0 Å². The average molecular weight is 314 g/mol. The highest BCUT2D eigenvalue weighted by atomic mass is 16.1. The van der Waals surface area contributed by atoms with Crippen molar-refractivity contribution in [1.82, 2.24) is 10.6 Å². The Bertz CT molecular complexity index is 492. The van der Waals surface area contributed by atoms with Gasteiger partial charge in [-0.25, -0.2) is 0 Å². The third kappa shape index (κ3) is 4.35. The Morgan fingerprint density at radius 3 is 2.43 bits per heavy atom. The normalized spacial score (nSPS) is 22.1. The largest absolute Gasteiger partial charge is 0.349 e. The summed E-state index contributed by atoms with van der Waals surface area (Å²) in [6.45, 7) is 4.45. The van der Waals surface area contributed by atoms with Crippen molar-refractivity contribution in [2.24, 2.45) is 17.8 Å². The first-order chi connectivity index (χ1) is 11.2. The molecule has 3 heteroatoms. The number of rotatable bonds is 6. The zero-order valence-corrected chi connectivity index (χ0v) is 14.3. The van der Waals surface area contributed by atoms with Gasteiger partial charge < -0.3 is 10.6 Å². The Labute approximate surface area is 140 Å². The van der Waals surface area contributed by atoms with Crippen LogP contribution in [0.15, 0.2) is 30.3 Å². The van der Waals surface area contributed by atoms with Crippen molar-refractivity contribution < 1.29 is 4.79 Å². The fourth-order valence-electron chi connectivity index (χ4n) is 4.01. The molecule has 1 saturated carbocycles. The standard InChI is InChI=1S/C20H30N2O/c1-15(16-10-12-21-13-11-16)14-19(23)22-20(18-8-5-9-18)17-6-3-2-4-7-17/h2-4,6-7,15-16,18,20-21H,5,8-14H2,1H3,(H,22,23). The van der Waals surface area contributed by atoms with Crippen LogP contribution in [-0.2, 0) is 4.79 Å². The lowest BCUT2D eigenvalue weighted by atomic mass is 9.77. The van der Waals surface area contributed by atoms with Gasteiger partial charge in [0, 0.05) is 6.42 Å². The van der Waals surface area contributed by atoms with E-state index in [1.165, 1.54) is 37.7 Å². The van der Waals surface area contributed by atoms with Crippen LogP contribution in [0, 0.1) is 17.8 Å². The summed E-state index contributed by atoms with van der Waals surface area (Å²) in [5, 5.41) is 6.76. The van der Waals surface area contributed by atoms with Crippen molar-refractivity contribution in [3.05, 3.63) is 35.9 Å². The van der Waals surface area contributed by atoms with Gasteiger partial charge in [0.1, 0.15) is 0 Å². The SMILES string of the molecule is CC(CC(=O)NC(c1ccccc1)C1CCC1)C1CCNCC1. The fourth-order valence-corrected chi connectivity index (χ4v) is 4.01. The molecule has 2 aliphatic rings. The second-order valence-corrected chi connectivity index (χ2v) is 7.42. The third-order valence-corrected chi connectivity index (χ3v) is 5.79. The molecule has 3 nitrogen and oxygen atoms in total. The second-order valence-electron chi connectivity index (χ2n) is 7.42. The number of amides is 1. The molecule has 2 N–H and O–H groups in total. The lowest BCUT2D eigenvalue weighted by Gasteiger charge is -2.35. The summed E-state index contributed by atoms with van der Waals surface area (Å²) in [6.07, 6.45) is 6.86. The van der Waals surface area contributed by atoms with E-state index < -0.39 is 0 Å². The minimum atomic E-state index is 0.206. The van der Waals surface area contributed by atoms with Crippen LogP contribution in [0.4, 0.5) is 0 Å². The molecule has 0 spiro atoms. The van der Waals surface area contributed by atoms with Gasteiger partial charge in [0.2, 0.25) is 5.91 Å². The van der Waals surface area contributed by atoms with Crippen LogP contribution < -0.4 is 10.6 Å². The molecule has 0 bridgehead atoms. The molecule has 2 atom stereocenters. The summed E-state index contributed by atoms with van der Waals surface area (Å²) in [4.78, 5) is 12.6. The topological polar surface area (TPSA) is 41.1 Å². The molecule has 0 radical (unpaired) electrons. The molecule has 0 aromatic heterocycles. The van der Waals surface area contributed by atoms with Gasteiger partial charge in [-0.3, -0.25) is 4.79 Å². The zero-order chi connectivity index (χ0) is 16.1. The Hall–Kier alpha value is -1.35. The molecular formula is C20H30N2O. The van der Waals surface area contributed by atoms with E-state index in [0.29, 0.717) is 24.2 Å². The van der Waals surface area contributed by atoms with Crippen molar-refractivity contribution in [2.75, 3.05) is 13.1 Å². The Kier molecular flexibility index (Phi) is 5.71. The molecule has 2 fully saturated rings. The summed E-state index contributed by atoms with van der Waals surface area (Å²) in [6, 6.07) is 10.7. The second kappa shape index (κ2) is 7.96. The van der Waals surface area contributed by atoms with Gasteiger partial charge in [-0.15, -0.1) is 0 Å². The molecule has 1 heterocycles. The van der Waals surface area contributed by atoms with Crippen molar-refractivity contribution >= 4 is 5.91 Å². The maximum absolute atomic E-state index is 12.6. The highest BCUT2D eigenvalue weighted by Gasteiger charge is 2.30. The summed E-state index contributed by atoms with van der Waals surface area (Å²) < 4.78 is 0. The number of hydrogen-bond acceptors (Lipinski definition) is 2. The van der Waals surface area contributed by atoms with Crippen molar-refractivity contribution in [3.63, 3.8) is 0 Å². The van der Waals surface area contributed by atoms with Gasteiger partial charge in [-0.05, 0) is 62.1 Å². The Morgan fingerprint density at radius 1 is 1.13 bits per heavy atom. The van der Waals surface area contributed by atoms with E-state index in [1.54, 1.807) is 0 Å². The Balaban J connectivity index is 1.57. The van der Waals surface area contributed by atoms with Crippen LogP contribution in [0.5, 0.6) is 0 Å². The first kappa shape index (κ1) is 16.5. The van der Waals surface area contributed by atoms with Gasteiger partial charge in [-0.1, -0.05) is 43.7 Å². The third-order valence-electron chi connectivity index (χ3n) is 5.79. The number of nitrogens with one attached hydrogen (secondary N) is 2. The molecule has 1 amide bonds. The van der Waals surface area contributed by atoms with Crippen molar-refractivity contribution in [1.29, 1.82) is 0 Å². The number of piperidine rings is 1. The molecular weight excluding hydrogens is 284 g/mol. The zero-order valence-electron chi connectivity index (χ0n) is 14.3. The van der Waals surface area contributed by atoms with Gasteiger partial charge >= 0.3 is 0 Å². The quantitative estimate of drug-likeness (QED) is 0.841. The maximum atomic E-state index is 12.6. The van der Waals surface area contributed by atoms with Gasteiger partial charge in [0.25, 0.3) is 0 Å². The Morgan fingerprint density at radius 2 is 1.83 bits per heavy atom. The molecule has 126 valence electrons. The number of carbonyl (C=O) groups excluding carboxylic acids is 1. The van der Waals surface area contributed by atoms with E-state index in [0.717, 1.165) is 13.1 Å². The van der Waals surface area contributed by atoms with E-state index in [-0.39, 0.29) is 11.9 Å². The lowest BCUT2D eigenvalue weighted by molar-refractivity contribution is -0.123. The first-order valence-electron chi connectivity index (χ1n) is 9.29. The molecule has 1 saturated heterocycles. The maximum Gasteiger partial charge on any atom is 0.220 e. The van der Waals surface area contributed by atoms with Gasteiger partial charge in [0.05, 0.1) is 6.04 Å². The van der Waals surface area contributed by atoms with Crippen LogP contribution in [0.1, 0.15) is 57.1 Å². The minimum Gasteiger partial charge on any atom is -0.349 e. The molecule has 3 rings (SSSR count). The lowest BCUT2D eigenvalue weighted by Crippen LogP contribution is -2.38. The van der Waals surface area contributed by atoms with Crippen LogP contribution in [0.2, 0.25) is 0 Å². The number of carbonyl (C=O) groups is 1. The molecule has 1 aromatic carbocycles. The van der Waals surface area contributed by atoms with Crippen LogP contribution in [-0.4, -0.2) is 19.0 Å². The molecule has 1 aliphatic heterocycles. The van der Waals surface area contributed by atoms with E-state index in [2.05, 4.69) is 41.8 Å². The van der Waals surface area contributed by atoms with Gasteiger partial charge in [0.15, 0.2) is 0 Å². The van der Waals surface area contributed by atoms with Crippen LogP contribution >= 0.6 is 0 Å². The summed E-state index contributed by atoms with van der Waals surface area (Å²) in [5.41, 5.74) is 1.26. The molecule has 1 aliphatic carbocycles. The van der Waals surface area contributed by atoms with Crippen LogP contribution in [0.25, 0.3) is 0 Å². The van der Waals surface area contributed by atoms with E-state index in [1.807, 2.05) is 6.07 Å². The number of benzene rings is 1. The smallest absolute Gasteiger partial charge is 0.220 e. The summed E-state index contributed by atoms with van der Waals surface area (Å²) in [7, 11) is 0. The monoisotopic (exact) mass is 314 g/mol. The van der Waals surface area contributed by atoms with E-state index >= 15 is 0 Å².